The number of aryl methyl sites for hydroxylation is 1. The number of fused-ring (bicyclic) bond motifs is 1. The Balaban J connectivity index is 1.59. The Hall–Kier alpha value is -3.51. The van der Waals surface area contributed by atoms with E-state index in [4.69, 9.17) is 24.0 Å². The van der Waals surface area contributed by atoms with Crippen LogP contribution in [-0.2, 0) is 20.9 Å². The van der Waals surface area contributed by atoms with E-state index in [1.807, 2.05) is 0 Å². The molecule has 0 unspecified atom stereocenters. The Morgan fingerprint density at radius 2 is 1.94 bits per heavy atom. The number of primary amides is 1. The molecule has 1 saturated heterocycles. The normalized spacial score (nSPS) is 20.6. The molecule has 2 aliphatic rings. The summed E-state index contributed by atoms with van der Waals surface area (Å²) in [6.45, 7) is 2.58. The first-order valence-corrected chi connectivity index (χ1v) is 10.3. The average molecular weight is 462 g/mol. The topological polar surface area (TPSA) is 163 Å². The molecule has 11 nitrogen and oxygen atoms in total. The number of aliphatic hydroxyl groups is 1. The Labute approximate surface area is 184 Å². The molecule has 0 bridgehead atoms. The van der Waals surface area contributed by atoms with Gasteiger partial charge in [-0.15, -0.1) is 0 Å². The summed E-state index contributed by atoms with van der Waals surface area (Å²) in [5, 5.41) is 9.47. The smallest absolute Gasteiger partial charge is 0.453 e. The first-order chi connectivity index (χ1) is 15.2. The molecule has 0 radical (unpaired) electrons. The van der Waals surface area contributed by atoms with Crippen molar-refractivity contribution in [1.29, 1.82) is 0 Å². The first-order valence-electron chi connectivity index (χ1n) is 9.43. The highest BCUT2D eigenvalue weighted by atomic mass is 32.2. The molecule has 32 heavy (non-hydrogen) atoms. The summed E-state index contributed by atoms with van der Waals surface area (Å²) in [7, 11) is 0. The van der Waals surface area contributed by atoms with Crippen molar-refractivity contribution >= 4 is 29.5 Å². The number of esters is 1. The summed E-state index contributed by atoms with van der Waals surface area (Å²) < 4.78 is 20.6. The van der Waals surface area contributed by atoms with Gasteiger partial charge < -0.3 is 29.1 Å². The third-order valence-corrected chi connectivity index (χ3v) is 6.22. The van der Waals surface area contributed by atoms with Crippen LogP contribution in [0.15, 0.2) is 48.7 Å². The zero-order valence-electron chi connectivity index (χ0n) is 16.9. The molecule has 1 fully saturated rings. The largest absolute Gasteiger partial charge is 0.519 e. The molecule has 1 aromatic heterocycles. The van der Waals surface area contributed by atoms with Gasteiger partial charge in [0, 0.05) is 5.56 Å². The second-order valence-electron chi connectivity index (χ2n) is 7.12. The van der Waals surface area contributed by atoms with E-state index in [-0.39, 0.29) is 27.9 Å². The Bertz CT molecular complexity index is 1180. The van der Waals surface area contributed by atoms with Crippen molar-refractivity contribution in [3.05, 3.63) is 62.8 Å². The fourth-order valence-electron chi connectivity index (χ4n) is 3.31. The van der Waals surface area contributed by atoms with Gasteiger partial charge in [-0.25, -0.2) is 9.59 Å². The van der Waals surface area contributed by atoms with Crippen molar-refractivity contribution in [2.45, 2.75) is 31.9 Å². The van der Waals surface area contributed by atoms with E-state index < -0.39 is 47.6 Å². The number of hydrogen-bond acceptors (Lipinski definition) is 10. The average Bonchev–Trinajstić information content (AvgIpc) is 3.22. The maximum absolute atomic E-state index is 12.9. The zero-order chi connectivity index (χ0) is 23.2. The highest BCUT2D eigenvalue weighted by Gasteiger charge is 2.59. The summed E-state index contributed by atoms with van der Waals surface area (Å²) in [5.41, 5.74) is 5.37. The number of ether oxygens (including phenoxy) is 2. The predicted octanol–water partition coefficient (Wildman–Crippen LogP) is 0.844. The molecule has 1 aromatic carbocycles. The second kappa shape index (κ2) is 8.20. The quantitative estimate of drug-likeness (QED) is 0.445. The number of nitrogens with zero attached hydrogens (tertiary/aromatic N) is 1. The van der Waals surface area contributed by atoms with Gasteiger partial charge >= 0.3 is 11.8 Å². The van der Waals surface area contributed by atoms with E-state index in [1.54, 1.807) is 0 Å². The number of carbonyl (C=O) groups excluding carboxylic acids is 3. The predicted molar refractivity (Wildman–Crippen MR) is 108 cm³/mol. The van der Waals surface area contributed by atoms with E-state index in [9.17, 15) is 24.3 Å². The van der Waals surface area contributed by atoms with Gasteiger partial charge in [-0.1, -0.05) is 11.8 Å². The second-order valence-corrected chi connectivity index (χ2v) is 8.21. The van der Waals surface area contributed by atoms with Crippen LogP contribution in [0.3, 0.4) is 0 Å². The third kappa shape index (κ3) is 3.78. The summed E-state index contributed by atoms with van der Waals surface area (Å²) in [4.78, 5) is 49.0. The van der Waals surface area contributed by atoms with Crippen LogP contribution < -0.4 is 16.3 Å². The minimum atomic E-state index is -0.926. The van der Waals surface area contributed by atoms with E-state index in [1.165, 1.54) is 43.0 Å². The minimum absolute atomic E-state index is 0.0347. The molecular weight excluding hydrogens is 444 g/mol. The van der Waals surface area contributed by atoms with E-state index in [2.05, 4.69) is 0 Å². The van der Waals surface area contributed by atoms with Crippen LogP contribution in [0.2, 0.25) is 0 Å². The number of rotatable bonds is 7. The van der Waals surface area contributed by atoms with Crippen molar-refractivity contribution < 1.29 is 37.8 Å². The molecule has 12 heteroatoms. The van der Waals surface area contributed by atoms with Gasteiger partial charge in [-0.3, -0.25) is 14.5 Å². The van der Waals surface area contributed by atoms with Gasteiger partial charge in [0.1, 0.15) is 11.1 Å². The molecular formula is C20H18N2O9S. The number of nitrogens with two attached hydrogens (primary N) is 1. The molecule has 2 aliphatic heterocycles. The van der Waals surface area contributed by atoms with Gasteiger partial charge in [0.05, 0.1) is 12.0 Å². The lowest BCUT2D eigenvalue weighted by Gasteiger charge is -2.43. The highest BCUT2D eigenvalue weighted by molar-refractivity contribution is 8.03. The van der Waals surface area contributed by atoms with Crippen molar-refractivity contribution in [2.24, 2.45) is 11.7 Å². The van der Waals surface area contributed by atoms with Crippen LogP contribution in [0.4, 0.5) is 0 Å². The number of carbonyl (C=O) groups is 3. The lowest BCUT2D eigenvalue weighted by Crippen LogP contribution is -2.60. The molecule has 0 aliphatic carbocycles. The molecule has 3 atom stereocenters. The van der Waals surface area contributed by atoms with E-state index in [0.29, 0.717) is 5.75 Å². The van der Waals surface area contributed by atoms with Crippen LogP contribution in [0.1, 0.15) is 28.8 Å². The Morgan fingerprint density at radius 1 is 1.25 bits per heavy atom. The monoisotopic (exact) mass is 462 g/mol. The number of hydrogen-bond donors (Lipinski definition) is 2. The maximum atomic E-state index is 12.9. The van der Waals surface area contributed by atoms with Gasteiger partial charge in [0.25, 0.3) is 0 Å². The lowest BCUT2D eigenvalue weighted by atomic mass is 9.92. The summed E-state index contributed by atoms with van der Waals surface area (Å²) in [5.74, 6) is -3.08. The lowest BCUT2D eigenvalue weighted by molar-refractivity contribution is -0.159. The number of aliphatic hydroxyl groups excluding tert-OH is 1. The van der Waals surface area contributed by atoms with Crippen molar-refractivity contribution in [1.82, 2.24) is 4.90 Å². The molecule has 2 aromatic rings. The SMILES string of the molecule is Cc1oc(=O)oc1COC(=O)C1=C(Oc2ccc(C(N)=O)cc2)S[C@@H]2[C@@H]([C@@H](C)O)C(=O)N12. The van der Waals surface area contributed by atoms with Crippen molar-refractivity contribution in [3.8, 4) is 5.75 Å². The summed E-state index contributed by atoms with van der Waals surface area (Å²) >= 11 is 1.09. The summed E-state index contributed by atoms with van der Waals surface area (Å²) in [6, 6.07) is 5.89. The number of benzene rings is 1. The molecule has 168 valence electrons. The molecule has 3 heterocycles. The fraction of sp³-hybridized carbons (Fsp3) is 0.300. The van der Waals surface area contributed by atoms with E-state index >= 15 is 0 Å². The van der Waals surface area contributed by atoms with Crippen LogP contribution >= 0.6 is 11.8 Å². The molecule has 4 rings (SSSR count). The highest BCUT2D eigenvalue weighted by Crippen LogP contribution is 2.50. The molecule has 0 saturated carbocycles. The maximum Gasteiger partial charge on any atom is 0.519 e. The zero-order valence-corrected chi connectivity index (χ0v) is 17.7. The molecule has 0 spiro atoms. The van der Waals surface area contributed by atoms with Crippen LogP contribution in [-0.4, -0.2) is 39.3 Å². The standard InChI is InChI=1S/C20H18N2O9S/c1-8(23)13-16(25)22-14(18(26)28-7-12-9(2)29-20(27)31-12)19(32-17(13)22)30-11-5-3-10(4-6-11)15(21)24/h3-6,8,13,17,23H,7H2,1-2H3,(H2,21,24)/t8-,13+,17-/m1/s1. The Morgan fingerprint density at radius 3 is 2.50 bits per heavy atom. The Kier molecular flexibility index (Phi) is 5.57. The van der Waals surface area contributed by atoms with Gasteiger partial charge in [-0.2, -0.15) is 0 Å². The number of β-lactam (4-membered cyclic amide) rings is 1. The molecule has 2 amide bonds. The van der Waals surface area contributed by atoms with Crippen LogP contribution in [0, 0.1) is 12.8 Å². The molecule has 3 N–H and O–H groups in total. The van der Waals surface area contributed by atoms with Crippen LogP contribution in [0.25, 0.3) is 0 Å². The minimum Gasteiger partial charge on any atom is -0.453 e. The van der Waals surface area contributed by atoms with Crippen LogP contribution in [0.5, 0.6) is 5.75 Å². The first kappa shape index (κ1) is 21.7. The van der Waals surface area contributed by atoms with Gasteiger partial charge in [-0.05, 0) is 38.1 Å². The third-order valence-electron chi connectivity index (χ3n) is 4.98. The van der Waals surface area contributed by atoms with Gasteiger partial charge in [0.2, 0.25) is 11.8 Å². The van der Waals surface area contributed by atoms with Gasteiger partial charge in [0.15, 0.2) is 28.9 Å². The fourth-order valence-corrected chi connectivity index (χ4v) is 4.77. The van der Waals surface area contributed by atoms with E-state index in [0.717, 1.165) is 11.8 Å². The van der Waals surface area contributed by atoms with Crippen molar-refractivity contribution in [3.63, 3.8) is 0 Å². The number of thioether (sulfide) groups is 1. The number of amides is 2. The summed E-state index contributed by atoms with van der Waals surface area (Å²) in [6.07, 6.45) is -0.925. The van der Waals surface area contributed by atoms with Crippen molar-refractivity contribution in [2.75, 3.05) is 0 Å².